The van der Waals surface area contributed by atoms with Crippen LogP contribution in [0.25, 0.3) is 5.69 Å². The van der Waals surface area contributed by atoms with E-state index >= 15 is 0 Å². The molecule has 2 aromatic heterocycles. The molecule has 1 aromatic carbocycles. The van der Waals surface area contributed by atoms with E-state index in [-0.39, 0.29) is 5.69 Å². The molecule has 2 N–H and O–H groups in total. The second-order valence-electron chi connectivity index (χ2n) is 5.81. The lowest BCUT2D eigenvalue weighted by Gasteiger charge is -2.13. The van der Waals surface area contributed by atoms with E-state index in [0.29, 0.717) is 11.4 Å². The van der Waals surface area contributed by atoms with Crippen molar-refractivity contribution in [2.24, 2.45) is 0 Å². The smallest absolute Gasteiger partial charge is 0.356 e. The van der Waals surface area contributed by atoms with E-state index in [4.69, 9.17) is 4.74 Å². The predicted molar refractivity (Wildman–Crippen MR) is 97.5 cm³/mol. The molecule has 0 unspecified atom stereocenters. The fourth-order valence-corrected chi connectivity index (χ4v) is 2.71. The quantitative estimate of drug-likeness (QED) is 0.676. The zero-order valence-corrected chi connectivity index (χ0v) is 14.8. The van der Waals surface area contributed by atoms with Crippen LogP contribution in [-0.4, -0.2) is 33.2 Å². The minimum absolute atomic E-state index is 0.153. The number of carbonyl (C=O) groups is 2. The van der Waals surface area contributed by atoms with Crippen molar-refractivity contribution in [1.29, 1.82) is 5.26 Å². The molecular weight excluding hydrogens is 346 g/mol. The highest BCUT2D eigenvalue weighted by atomic mass is 16.5. The van der Waals surface area contributed by atoms with Crippen LogP contribution >= 0.6 is 0 Å². The molecule has 2 heterocycles. The Morgan fingerprint density at radius 3 is 2.63 bits per heavy atom. The number of para-hydroxylation sites is 1. The summed E-state index contributed by atoms with van der Waals surface area (Å²) in [6.45, 7) is 3.21. The first-order chi connectivity index (χ1) is 13.0. The largest absolute Gasteiger partial charge is 0.451 e. The predicted octanol–water partition coefficient (Wildman–Crippen LogP) is 2.48. The number of aromatic nitrogens is 3. The summed E-state index contributed by atoms with van der Waals surface area (Å²) in [5, 5.41) is 18.3. The summed E-state index contributed by atoms with van der Waals surface area (Å²) in [7, 11) is 0. The molecule has 0 atom stereocenters. The number of anilines is 1. The van der Waals surface area contributed by atoms with Gasteiger partial charge in [-0.3, -0.25) is 14.5 Å². The van der Waals surface area contributed by atoms with Crippen LogP contribution in [0.5, 0.6) is 0 Å². The maximum atomic E-state index is 12.3. The highest BCUT2D eigenvalue weighted by molar-refractivity contribution is 5.95. The van der Waals surface area contributed by atoms with Gasteiger partial charge in [0, 0.05) is 17.6 Å². The second kappa shape index (κ2) is 7.58. The molecule has 136 valence electrons. The number of ether oxygens (including phenoxy) is 1. The molecule has 3 rings (SSSR count). The number of hydrogen-bond acceptors (Lipinski definition) is 5. The van der Waals surface area contributed by atoms with Crippen LogP contribution in [0.1, 0.15) is 27.3 Å². The van der Waals surface area contributed by atoms with Crippen molar-refractivity contribution in [1.82, 2.24) is 14.8 Å². The molecule has 3 aromatic rings. The van der Waals surface area contributed by atoms with Gasteiger partial charge in [0.15, 0.2) is 6.61 Å². The van der Waals surface area contributed by atoms with Gasteiger partial charge in [0.1, 0.15) is 17.6 Å². The maximum Gasteiger partial charge on any atom is 0.356 e. The first kappa shape index (κ1) is 17.9. The molecule has 0 aliphatic carbocycles. The Morgan fingerprint density at radius 2 is 2.00 bits per heavy atom. The van der Waals surface area contributed by atoms with E-state index in [2.05, 4.69) is 21.6 Å². The second-order valence-corrected chi connectivity index (χ2v) is 5.81. The van der Waals surface area contributed by atoms with Crippen LogP contribution in [0.3, 0.4) is 0 Å². The number of nitrogens with one attached hydrogen (secondary N) is 2. The lowest BCUT2D eigenvalue weighted by atomic mass is 10.2. The molecule has 0 saturated heterocycles. The van der Waals surface area contributed by atoms with Gasteiger partial charge in [-0.05, 0) is 37.6 Å². The first-order valence-corrected chi connectivity index (χ1v) is 8.16. The van der Waals surface area contributed by atoms with Crippen molar-refractivity contribution < 1.29 is 14.3 Å². The fourth-order valence-electron chi connectivity index (χ4n) is 2.71. The standard InChI is InChI=1S/C19H17N5O3/c1-12-13(2)24(14-6-4-3-5-7-14)18(15(12)10-20)22-17(25)11-27-19(26)16-8-9-21-23-16/h3-9H,11H2,1-2H3,(H,21,23)(H,22,25). The van der Waals surface area contributed by atoms with Gasteiger partial charge in [0.05, 0.1) is 5.56 Å². The zero-order valence-electron chi connectivity index (χ0n) is 14.8. The lowest BCUT2D eigenvalue weighted by Crippen LogP contribution is -2.23. The normalized spacial score (nSPS) is 10.3. The third kappa shape index (κ3) is 3.57. The fraction of sp³-hybridized carbons (Fsp3) is 0.158. The number of rotatable bonds is 5. The van der Waals surface area contributed by atoms with Crippen LogP contribution in [0.4, 0.5) is 5.82 Å². The summed E-state index contributed by atoms with van der Waals surface area (Å²) in [5.41, 5.74) is 2.93. The third-order valence-corrected chi connectivity index (χ3v) is 4.15. The number of nitriles is 1. The van der Waals surface area contributed by atoms with Gasteiger partial charge in [-0.25, -0.2) is 4.79 Å². The number of H-pyrrole nitrogens is 1. The van der Waals surface area contributed by atoms with Crippen molar-refractivity contribution in [2.45, 2.75) is 13.8 Å². The number of hydrogen-bond donors (Lipinski definition) is 2. The van der Waals surface area contributed by atoms with Crippen molar-refractivity contribution >= 4 is 17.7 Å². The van der Waals surface area contributed by atoms with Crippen molar-refractivity contribution in [3.05, 3.63) is 65.1 Å². The van der Waals surface area contributed by atoms with Gasteiger partial charge in [-0.1, -0.05) is 18.2 Å². The Bertz CT molecular complexity index is 1010. The Kier molecular flexibility index (Phi) is 5.04. The molecule has 0 bridgehead atoms. The Hall–Kier alpha value is -3.86. The Morgan fingerprint density at radius 1 is 1.26 bits per heavy atom. The van der Waals surface area contributed by atoms with E-state index in [9.17, 15) is 14.9 Å². The molecule has 0 aliphatic rings. The van der Waals surface area contributed by atoms with Gasteiger partial charge in [-0.2, -0.15) is 10.4 Å². The molecule has 1 amide bonds. The molecule has 0 saturated carbocycles. The average molecular weight is 363 g/mol. The lowest BCUT2D eigenvalue weighted by molar-refractivity contribution is -0.119. The van der Waals surface area contributed by atoms with Crippen LogP contribution < -0.4 is 5.32 Å². The van der Waals surface area contributed by atoms with Crippen molar-refractivity contribution in [3.8, 4) is 11.8 Å². The van der Waals surface area contributed by atoms with Crippen molar-refractivity contribution in [3.63, 3.8) is 0 Å². The summed E-state index contributed by atoms with van der Waals surface area (Å²) in [6, 6.07) is 13.0. The van der Waals surface area contributed by atoms with Crippen LogP contribution in [-0.2, 0) is 9.53 Å². The summed E-state index contributed by atoms with van der Waals surface area (Å²) in [6.07, 6.45) is 1.41. The molecule has 0 aliphatic heterocycles. The number of nitrogens with zero attached hydrogens (tertiary/aromatic N) is 3. The van der Waals surface area contributed by atoms with Crippen LogP contribution in [0, 0.1) is 25.2 Å². The van der Waals surface area contributed by atoms with Crippen LogP contribution in [0.2, 0.25) is 0 Å². The number of amides is 1. The minimum atomic E-state index is -0.686. The van der Waals surface area contributed by atoms with Gasteiger partial charge < -0.3 is 10.1 Å². The Balaban J connectivity index is 1.83. The number of carbonyl (C=O) groups excluding carboxylic acids is 2. The molecular formula is C19H17N5O3. The molecule has 0 fully saturated rings. The summed E-state index contributed by atoms with van der Waals surface area (Å²) in [4.78, 5) is 24.1. The third-order valence-electron chi connectivity index (χ3n) is 4.15. The summed E-state index contributed by atoms with van der Waals surface area (Å²) < 4.78 is 6.76. The molecule has 0 radical (unpaired) electrons. The van der Waals surface area contributed by atoms with E-state index in [1.807, 2.05) is 44.2 Å². The zero-order chi connectivity index (χ0) is 19.4. The minimum Gasteiger partial charge on any atom is -0.451 e. The highest BCUT2D eigenvalue weighted by Crippen LogP contribution is 2.29. The maximum absolute atomic E-state index is 12.3. The van der Waals surface area contributed by atoms with E-state index < -0.39 is 18.5 Å². The molecule has 27 heavy (non-hydrogen) atoms. The number of benzene rings is 1. The van der Waals surface area contributed by atoms with E-state index in [1.54, 1.807) is 4.57 Å². The molecule has 8 nitrogen and oxygen atoms in total. The van der Waals surface area contributed by atoms with Crippen molar-refractivity contribution in [2.75, 3.05) is 11.9 Å². The van der Waals surface area contributed by atoms with E-state index in [1.165, 1.54) is 12.3 Å². The van der Waals surface area contributed by atoms with Gasteiger partial charge in [0.2, 0.25) is 0 Å². The SMILES string of the molecule is Cc1c(C#N)c(NC(=O)COC(=O)c2ccn[nH]2)n(-c2ccccc2)c1C. The molecule has 8 heteroatoms. The van der Waals surface area contributed by atoms with E-state index in [0.717, 1.165) is 16.9 Å². The van der Waals surface area contributed by atoms with Crippen LogP contribution in [0.15, 0.2) is 42.6 Å². The topological polar surface area (TPSA) is 113 Å². The first-order valence-electron chi connectivity index (χ1n) is 8.16. The Labute approximate surface area is 155 Å². The number of aromatic amines is 1. The van der Waals surface area contributed by atoms with Gasteiger partial charge >= 0.3 is 5.97 Å². The van der Waals surface area contributed by atoms with Gasteiger partial charge in [0.25, 0.3) is 5.91 Å². The molecule has 0 spiro atoms. The average Bonchev–Trinajstić information content (AvgIpc) is 3.29. The summed E-state index contributed by atoms with van der Waals surface area (Å²) >= 11 is 0. The monoisotopic (exact) mass is 363 g/mol. The van der Waals surface area contributed by atoms with Gasteiger partial charge in [-0.15, -0.1) is 0 Å². The highest BCUT2D eigenvalue weighted by Gasteiger charge is 2.21. The number of esters is 1. The summed E-state index contributed by atoms with van der Waals surface area (Å²) in [5.74, 6) is -0.885.